The number of aromatic carboxylic acids is 1. The smallest absolute Gasteiger partial charge is 0.339 e. The highest BCUT2D eigenvalue weighted by Crippen LogP contribution is 2.28. The Hall–Kier alpha value is -3.14. The Kier molecular flexibility index (Phi) is 5.90. The van der Waals surface area contributed by atoms with Crippen molar-refractivity contribution in [2.75, 3.05) is 0 Å². The van der Waals surface area contributed by atoms with Gasteiger partial charge in [-0.05, 0) is 35.8 Å². The average Bonchev–Trinajstić information content (AvgIpc) is 2.61. The SMILES string of the molecule is C=CCC(OC(=O)c1ccccc1-c1ccccc1C(=O)O)C(=C)C. The molecule has 4 heteroatoms. The summed E-state index contributed by atoms with van der Waals surface area (Å²) in [6, 6.07) is 13.4. The first-order chi connectivity index (χ1) is 12.0. The summed E-state index contributed by atoms with van der Waals surface area (Å²) in [5, 5.41) is 9.41. The van der Waals surface area contributed by atoms with Gasteiger partial charge in [0, 0.05) is 6.42 Å². The molecular formula is C21H20O4. The van der Waals surface area contributed by atoms with Gasteiger partial charge in [0.2, 0.25) is 0 Å². The van der Waals surface area contributed by atoms with Crippen LogP contribution in [0.3, 0.4) is 0 Å². The normalized spacial score (nSPS) is 11.4. The van der Waals surface area contributed by atoms with Crippen molar-refractivity contribution in [3.8, 4) is 11.1 Å². The first kappa shape index (κ1) is 18.2. The van der Waals surface area contributed by atoms with Crippen LogP contribution in [0.1, 0.15) is 34.1 Å². The predicted molar refractivity (Wildman–Crippen MR) is 97.7 cm³/mol. The lowest BCUT2D eigenvalue weighted by molar-refractivity contribution is 0.0381. The van der Waals surface area contributed by atoms with Crippen LogP contribution in [-0.4, -0.2) is 23.1 Å². The second-order valence-corrected chi connectivity index (χ2v) is 5.66. The third-order valence-electron chi connectivity index (χ3n) is 3.77. The lowest BCUT2D eigenvalue weighted by Crippen LogP contribution is -2.19. The summed E-state index contributed by atoms with van der Waals surface area (Å²) in [7, 11) is 0. The van der Waals surface area contributed by atoms with E-state index < -0.39 is 18.0 Å². The Labute approximate surface area is 147 Å². The fourth-order valence-electron chi connectivity index (χ4n) is 2.49. The van der Waals surface area contributed by atoms with Crippen LogP contribution in [-0.2, 0) is 4.74 Å². The summed E-state index contributed by atoms with van der Waals surface area (Å²) in [5.41, 5.74) is 2.15. The van der Waals surface area contributed by atoms with Gasteiger partial charge in [0.1, 0.15) is 6.10 Å². The Morgan fingerprint density at radius 1 is 1.08 bits per heavy atom. The number of carboxylic acid groups (broad SMARTS) is 1. The molecule has 1 atom stereocenters. The minimum atomic E-state index is -1.05. The average molecular weight is 336 g/mol. The number of carbonyl (C=O) groups excluding carboxylic acids is 1. The number of esters is 1. The maximum atomic E-state index is 12.7. The van der Waals surface area contributed by atoms with Crippen molar-refractivity contribution in [3.05, 3.63) is 84.5 Å². The second-order valence-electron chi connectivity index (χ2n) is 5.66. The van der Waals surface area contributed by atoms with Crippen molar-refractivity contribution in [1.29, 1.82) is 0 Å². The molecule has 0 fully saturated rings. The van der Waals surface area contributed by atoms with Crippen LogP contribution in [0.2, 0.25) is 0 Å². The third-order valence-corrected chi connectivity index (χ3v) is 3.77. The molecule has 128 valence electrons. The van der Waals surface area contributed by atoms with E-state index in [1.807, 2.05) is 0 Å². The molecule has 1 N–H and O–H groups in total. The lowest BCUT2D eigenvalue weighted by atomic mass is 9.95. The van der Waals surface area contributed by atoms with E-state index in [-0.39, 0.29) is 5.56 Å². The van der Waals surface area contributed by atoms with E-state index in [9.17, 15) is 14.7 Å². The van der Waals surface area contributed by atoms with E-state index in [1.54, 1.807) is 55.5 Å². The topological polar surface area (TPSA) is 63.6 Å². The Balaban J connectivity index is 2.45. The highest BCUT2D eigenvalue weighted by Gasteiger charge is 2.21. The molecule has 1 unspecified atom stereocenters. The molecule has 0 amide bonds. The highest BCUT2D eigenvalue weighted by atomic mass is 16.5. The van der Waals surface area contributed by atoms with Crippen LogP contribution in [0.25, 0.3) is 11.1 Å². The van der Waals surface area contributed by atoms with Crippen LogP contribution >= 0.6 is 0 Å². The van der Waals surface area contributed by atoms with Crippen molar-refractivity contribution in [3.63, 3.8) is 0 Å². The third kappa shape index (κ3) is 4.23. The van der Waals surface area contributed by atoms with Crippen LogP contribution < -0.4 is 0 Å². The number of carboxylic acids is 1. The standard InChI is InChI=1S/C21H20O4/c1-4-9-19(14(2)3)25-21(24)18-13-8-6-11-16(18)15-10-5-7-12-17(15)20(22)23/h4-8,10-13,19H,1-2,9H2,3H3,(H,22,23). The minimum absolute atomic E-state index is 0.130. The number of carbonyl (C=O) groups is 2. The molecule has 4 nitrogen and oxygen atoms in total. The van der Waals surface area contributed by atoms with Gasteiger partial charge in [-0.15, -0.1) is 6.58 Å². The molecule has 0 heterocycles. The molecule has 25 heavy (non-hydrogen) atoms. The van der Waals surface area contributed by atoms with E-state index in [0.717, 1.165) is 5.57 Å². The van der Waals surface area contributed by atoms with Gasteiger partial charge >= 0.3 is 11.9 Å². The molecule has 2 rings (SSSR count). The van der Waals surface area contributed by atoms with Crippen LogP contribution in [0.5, 0.6) is 0 Å². The van der Waals surface area contributed by atoms with E-state index in [4.69, 9.17) is 4.74 Å². The zero-order chi connectivity index (χ0) is 18.4. The van der Waals surface area contributed by atoms with Crippen LogP contribution in [0, 0.1) is 0 Å². The van der Waals surface area contributed by atoms with E-state index in [0.29, 0.717) is 23.1 Å². The lowest BCUT2D eigenvalue weighted by Gasteiger charge is -2.18. The van der Waals surface area contributed by atoms with Gasteiger partial charge in [0.25, 0.3) is 0 Å². The molecule has 2 aromatic rings. The highest BCUT2D eigenvalue weighted by molar-refractivity contribution is 6.02. The fourth-order valence-corrected chi connectivity index (χ4v) is 2.49. The van der Waals surface area contributed by atoms with Crippen molar-refractivity contribution in [2.45, 2.75) is 19.4 Å². The zero-order valence-electron chi connectivity index (χ0n) is 14.1. The largest absolute Gasteiger partial charge is 0.478 e. The molecule has 0 bridgehead atoms. The van der Waals surface area contributed by atoms with Crippen molar-refractivity contribution in [2.24, 2.45) is 0 Å². The fraction of sp³-hybridized carbons (Fsp3) is 0.143. The summed E-state index contributed by atoms with van der Waals surface area (Å²) in [4.78, 5) is 24.2. The van der Waals surface area contributed by atoms with Gasteiger partial charge in [0.05, 0.1) is 11.1 Å². The van der Waals surface area contributed by atoms with Crippen molar-refractivity contribution >= 4 is 11.9 Å². The molecule has 2 aromatic carbocycles. The summed E-state index contributed by atoms with van der Waals surface area (Å²) in [5.74, 6) is -1.57. The van der Waals surface area contributed by atoms with E-state index in [2.05, 4.69) is 13.2 Å². The molecule has 0 spiro atoms. The van der Waals surface area contributed by atoms with Gasteiger partial charge in [-0.25, -0.2) is 9.59 Å². The molecule has 0 saturated heterocycles. The minimum Gasteiger partial charge on any atom is -0.478 e. The Morgan fingerprint density at radius 3 is 2.12 bits per heavy atom. The van der Waals surface area contributed by atoms with Crippen molar-refractivity contribution in [1.82, 2.24) is 0 Å². The number of ether oxygens (including phenoxy) is 1. The first-order valence-corrected chi connectivity index (χ1v) is 7.84. The molecule has 0 aliphatic carbocycles. The molecule has 0 aliphatic heterocycles. The van der Waals surface area contributed by atoms with E-state index in [1.165, 1.54) is 6.07 Å². The monoisotopic (exact) mass is 336 g/mol. The molecule has 0 saturated carbocycles. The van der Waals surface area contributed by atoms with Gasteiger partial charge < -0.3 is 9.84 Å². The van der Waals surface area contributed by atoms with Gasteiger partial charge in [-0.3, -0.25) is 0 Å². The molecular weight excluding hydrogens is 316 g/mol. The van der Waals surface area contributed by atoms with Gasteiger partial charge in [0.15, 0.2) is 0 Å². The Bertz CT molecular complexity index is 820. The van der Waals surface area contributed by atoms with Gasteiger partial charge in [-0.1, -0.05) is 49.1 Å². The number of rotatable bonds is 7. The zero-order valence-corrected chi connectivity index (χ0v) is 14.1. The van der Waals surface area contributed by atoms with Crippen LogP contribution in [0.15, 0.2) is 73.3 Å². The van der Waals surface area contributed by atoms with E-state index >= 15 is 0 Å². The molecule has 0 radical (unpaired) electrons. The molecule has 0 aliphatic rings. The second kappa shape index (κ2) is 8.11. The maximum absolute atomic E-state index is 12.7. The number of hydrogen-bond acceptors (Lipinski definition) is 3. The summed E-state index contributed by atoms with van der Waals surface area (Å²) in [6.07, 6.45) is 1.67. The summed E-state index contributed by atoms with van der Waals surface area (Å²) in [6.45, 7) is 9.28. The quantitative estimate of drug-likeness (QED) is 0.586. The summed E-state index contributed by atoms with van der Waals surface area (Å²) >= 11 is 0. The predicted octanol–water partition coefficient (Wildman–Crippen LogP) is 4.73. The van der Waals surface area contributed by atoms with Crippen molar-refractivity contribution < 1.29 is 19.4 Å². The maximum Gasteiger partial charge on any atom is 0.339 e. The van der Waals surface area contributed by atoms with Crippen LogP contribution in [0.4, 0.5) is 0 Å². The molecule has 0 aromatic heterocycles. The Morgan fingerprint density at radius 2 is 1.60 bits per heavy atom. The van der Waals surface area contributed by atoms with Gasteiger partial charge in [-0.2, -0.15) is 0 Å². The first-order valence-electron chi connectivity index (χ1n) is 7.84. The summed E-state index contributed by atoms with van der Waals surface area (Å²) < 4.78 is 5.54. The number of benzene rings is 2. The number of hydrogen-bond donors (Lipinski definition) is 1.